The van der Waals surface area contributed by atoms with Gasteiger partial charge in [0.1, 0.15) is 12.0 Å². The summed E-state index contributed by atoms with van der Waals surface area (Å²) in [5.41, 5.74) is 3.07. The van der Waals surface area contributed by atoms with Crippen LogP contribution < -0.4 is 10.1 Å². The number of hydrogen-bond acceptors (Lipinski definition) is 4. The van der Waals surface area contributed by atoms with Crippen LogP contribution >= 0.6 is 0 Å². The third-order valence-corrected chi connectivity index (χ3v) is 2.93. The summed E-state index contributed by atoms with van der Waals surface area (Å²) in [6.45, 7) is 10.0. The van der Waals surface area contributed by atoms with E-state index in [0.29, 0.717) is 18.5 Å². The van der Waals surface area contributed by atoms with Crippen molar-refractivity contribution in [2.24, 2.45) is 5.92 Å². The van der Waals surface area contributed by atoms with Gasteiger partial charge >= 0.3 is 6.08 Å². The maximum atomic E-state index is 5.69. The molecule has 0 atom stereocenters. The maximum Gasteiger partial charge on any atom is 0.399 e. The van der Waals surface area contributed by atoms with Crippen molar-refractivity contribution < 1.29 is 9.15 Å². The highest BCUT2D eigenvalue weighted by atomic mass is 16.6. The normalized spacial score (nSPS) is 11.1. The van der Waals surface area contributed by atoms with Gasteiger partial charge in [-0.05, 0) is 43.5 Å². The smallest absolute Gasteiger partial charge is 0.399 e. The van der Waals surface area contributed by atoms with Crippen LogP contribution in [0.5, 0.6) is 11.8 Å². The van der Waals surface area contributed by atoms with Gasteiger partial charge in [0.05, 0.1) is 5.69 Å². The van der Waals surface area contributed by atoms with Crippen molar-refractivity contribution in [2.75, 3.05) is 6.54 Å². The summed E-state index contributed by atoms with van der Waals surface area (Å²) in [6.07, 6.45) is 1.92. The highest BCUT2D eigenvalue weighted by Gasteiger charge is 2.08. The van der Waals surface area contributed by atoms with Crippen LogP contribution in [-0.2, 0) is 6.54 Å². The largest absolute Gasteiger partial charge is 0.417 e. The van der Waals surface area contributed by atoms with E-state index in [0.717, 1.165) is 29.1 Å². The molecule has 2 rings (SSSR count). The van der Waals surface area contributed by atoms with Crippen LogP contribution in [0.2, 0.25) is 0 Å². The van der Waals surface area contributed by atoms with E-state index in [1.54, 1.807) is 6.26 Å². The second-order valence-corrected chi connectivity index (χ2v) is 5.50. The lowest BCUT2D eigenvalue weighted by Gasteiger charge is -2.05. The zero-order valence-electron chi connectivity index (χ0n) is 12.6. The lowest BCUT2D eigenvalue weighted by molar-refractivity contribution is 0.329. The average molecular weight is 274 g/mol. The molecule has 0 aliphatic rings. The molecular formula is C16H22N2O2. The molecule has 0 aliphatic heterocycles. The third kappa shape index (κ3) is 4.10. The second kappa shape index (κ2) is 6.57. The SMILES string of the molecule is Cc1ccc(C)c(Oc2nc(CNCC(C)C)co2)c1. The van der Waals surface area contributed by atoms with Crippen LogP contribution in [0.3, 0.4) is 0 Å². The summed E-state index contributed by atoms with van der Waals surface area (Å²) in [6, 6.07) is 6.06. The number of hydrogen-bond donors (Lipinski definition) is 1. The quantitative estimate of drug-likeness (QED) is 0.869. The Morgan fingerprint density at radius 1 is 1.30 bits per heavy atom. The minimum atomic E-state index is 0.292. The first-order valence-electron chi connectivity index (χ1n) is 6.95. The van der Waals surface area contributed by atoms with E-state index < -0.39 is 0 Å². The lowest BCUT2D eigenvalue weighted by Crippen LogP contribution is -2.19. The number of ether oxygens (including phenoxy) is 1. The number of aromatic nitrogens is 1. The molecule has 0 spiro atoms. The van der Waals surface area contributed by atoms with E-state index in [4.69, 9.17) is 9.15 Å². The van der Waals surface area contributed by atoms with E-state index in [1.165, 1.54) is 0 Å². The Hall–Kier alpha value is -1.81. The van der Waals surface area contributed by atoms with Crippen LogP contribution in [0, 0.1) is 19.8 Å². The van der Waals surface area contributed by atoms with Gasteiger partial charge in [-0.3, -0.25) is 0 Å². The molecule has 1 aromatic heterocycles. The van der Waals surface area contributed by atoms with Gasteiger partial charge in [0, 0.05) is 6.54 Å². The van der Waals surface area contributed by atoms with Crippen LogP contribution in [0.15, 0.2) is 28.9 Å². The maximum absolute atomic E-state index is 5.69. The minimum absolute atomic E-state index is 0.292. The predicted molar refractivity (Wildman–Crippen MR) is 79.0 cm³/mol. The Morgan fingerprint density at radius 2 is 2.10 bits per heavy atom. The Kier molecular flexibility index (Phi) is 4.79. The first-order valence-corrected chi connectivity index (χ1v) is 6.95. The summed E-state index contributed by atoms with van der Waals surface area (Å²) < 4.78 is 11.0. The van der Waals surface area contributed by atoms with Gasteiger partial charge < -0.3 is 14.5 Å². The first-order chi connectivity index (χ1) is 9.54. The van der Waals surface area contributed by atoms with E-state index >= 15 is 0 Å². The Bertz CT molecular complexity index is 561. The zero-order valence-corrected chi connectivity index (χ0v) is 12.6. The highest BCUT2D eigenvalue weighted by Crippen LogP contribution is 2.25. The molecule has 0 amide bonds. The molecule has 0 unspecified atom stereocenters. The van der Waals surface area contributed by atoms with E-state index in [2.05, 4.69) is 30.2 Å². The van der Waals surface area contributed by atoms with Crippen LogP contribution in [0.25, 0.3) is 0 Å². The fourth-order valence-corrected chi connectivity index (χ4v) is 1.82. The highest BCUT2D eigenvalue weighted by molar-refractivity contribution is 5.37. The summed E-state index contributed by atoms with van der Waals surface area (Å²) >= 11 is 0. The van der Waals surface area contributed by atoms with E-state index in [9.17, 15) is 0 Å². The van der Waals surface area contributed by atoms with Crippen molar-refractivity contribution in [3.05, 3.63) is 41.3 Å². The summed E-state index contributed by atoms with van der Waals surface area (Å²) in [5.74, 6) is 1.40. The molecule has 1 aromatic carbocycles. The molecule has 0 saturated carbocycles. The van der Waals surface area contributed by atoms with Gasteiger partial charge in [-0.15, -0.1) is 0 Å². The summed E-state index contributed by atoms with van der Waals surface area (Å²) in [4.78, 5) is 4.32. The molecule has 0 saturated heterocycles. The fourth-order valence-electron chi connectivity index (χ4n) is 1.82. The molecule has 4 heteroatoms. The number of nitrogens with zero attached hydrogens (tertiary/aromatic N) is 1. The molecule has 4 nitrogen and oxygen atoms in total. The van der Waals surface area contributed by atoms with Crippen LogP contribution in [0.1, 0.15) is 30.7 Å². The van der Waals surface area contributed by atoms with Gasteiger partial charge in [0.15, 0.2) is 0 Å². The molecule has 0 aliphatic carbocycles. The van der Waals surface area contributed by atoms with Crippen molar-refractivity contribution >= 4 is 0 Å². The van der Waals surface area contributed by atoms with Gasteiger partial charge in [0.25, 0.3) is 0 Å². The number of benzene rings is 1. The minimum Gasteiger partial charge on any atom is -0.417 e. The van der Waals surface area contributed by atoms with Crippen LogP contribution in [0.4, 0.5) is 0 Å². The second-order valence-electron chi connectivity index (χ2n) is 5.50. The van der Waals surface area contributed by atoms with Gasteiger partial charge in [-0.2, -0.15) is 4.98 Å². The molecule has 20 heavy (non-hydrogen) atoms. The number of nitrogens with one attached hydrogen (secondary N) is 1. The summed E-state index contributed by atoms with van der Waals surface area (Å²) in [5, 5.41) is 3.32. The standard InChI is InChI=1S/C16H22N2O2/c1-11(2)8-17-9-14-10-19-16(18-14)20-15-7-12(3)5-6-13(15)4/h5-7,10-11,17H,8-9H2,1-4H3. The molecule has 0 fully saturated rings. The number of oxazole rings is 1. The van der Waals surface area contributed by atoms with E-state index in [-0.39, 0.29) is 0 Å². The Labute approximate surface area is 120 Å². The van der Waals surface area contributed by atoms with Crippen molar-refractivity contribution in [1.82, 2.24) is 10.3 Å². The van der Waals surface area contributed by atoms with Crippen molar-refractivity contribution in [3.8, 4) is 11.8 Å². The molecule has 1 heterocycles. The van der Waals surface area contributed by atoms with Crippen molar-refractivity contribution in [3.63, 3.8) is 0 Å². The lowest BCUT2D eigenvalue weighted by atomic mass is 10.1. The number of rotatable bonds is 6. The van der Waals surface area contributed by atoms with Gasteiger partial charge in [0.2, 0.25) is 0 Å². The van der Waals surface area contributed by atoms with Crippen LogP contribution in [-0.4, -0.2) is 11.5 Å². The van der Waals surface area contributed by atoms with Crippen molar-refractivity contribution in [2.45, 2.75) is 34.2 Å². The molecule has 0 radical (unpaired) electrons. The zero-order chi connectivity index (χ0) is 14.5. The van der Waals surface area contributed by atoms with E-state index in [1.807, 2.05) is 26.0 Å². The molecule has 1 N–H and O–H groups in total. The monoisotopic (exact) mass is 274 g/mol. The molecule has 2 aromatic rings. The third-order valence-electron chi connectivity index (χ3n) is 2.93. The molecule has 108 valence electrons. The molecule has 0 bridgehead atoms. The Morgan fingerprint density at radius 3 is 2.85 bits per heavy atom. The van der Waals surface area contributed by atoms with Crippen molar-refractivity contribution in [1.29, 1.82) is 0 Å². The van der Waals surface area contributed by atoms with Gasteiger partial charge in [-0.25, -0.2) is 0 Å². The summed E-state index contributed by atoms with van der Waals surface area (Å²) in [7, 11) is 0. The predicted octanol–water partition coefficient (Wildman–Crippen LogP) is 3.83. The average Bonchev–Trinajstić information content (AvgIpc) is 2.81. The Balaban J connectivity index is 1.97. The topological polar surface area (TPSA) is 47.3 Å². The number of aryl methyl sites for hydroxylation is 2. The fraction of sp³-hybridized carbons (Fsp3) is 0.438. The first kappa shape index (κ1) is 14.6. The van der Waals surface area contributed by atoms with Gasteiger partial charge in [-0.1, -0.05) is 26.0 Å². The molecular weight excluding hydrogens is 252 g/mol.